The van der Waals surface area contributed by atoms with Gasteiger partial charge in [0.1, 0.15) is 0 Å². The molecule has 0 bridgehead atoms. The topological polar surface area (TPSA) is 66.4 Å². The number of nitrogens with one attached hydrogen (secondary N) is 1. The summed E-state index contributed by atoms with van der Waals surface area (Å²) in [5.41, 5.74) is 1.29. The van der Waals surface area contributed by atoms with Crippen molar-refractivity contribution >= 4 is 23.5 Å². The molecule has 0 spiro atoms. The van der Waals surface area contributed by atoms with E-state index in [2.05, 4.69) is 5.32 Å². The van der Waals surface area contributed by atoms with Gasteiger partial charge in [0.15, 0.2) is 0 Å². The van der Waals surface area contributed by atoms with E-state index in [1.165, 1.54) is 0 Å². The Morgan fingerprint density at radius 3 is 2.69 bits per heavy atom. The summed E-state index contributed by atoms with van der Waals surface area (Å²) < 4.78 is 0. The minimum absolute atomic E-state index is 0.0850. The molecule has 0 unspecified atom stereocenters. The van der Waals surface area contributed by atoms with Crippen molar-refractivity contribution in [2.45, 2.75) is 13.3 Å². The van der Waals surface area contributed by atoms with Crippen molar-refractivity contribution in [2.75, 3.05) is 6.54 Å². The van der Waals surface area contributed by atoms with Crippen LogP contribution in [0.25, 0.3) is 0 Å². The van der Waals surface area contributed by atoms with Gasteiger partial charge in [0, 0.05) is 17.1 Å². The molecule has 16 heavy (non-hydrogen) atoms. The summed E-state index contributed by atoms with van der Waals surface area (Å²) in [7, 11) is 0. The van der Waals surface area contributed by atoms with Crippen LogP contribution in [0, 0.1) is 6.92 Å². The second-order valence-corrected chi connectivity index (χ2v) is 3.77. The van der Waals surface area contributed by atoms with E-state index < -0.39 is 5.97 Å². The number of hydrogen-bond acceptors (Lipinski definition) is 2. The number of amides is 1. The normalized spacial score (nSPS) is 9.88. The Kier molecular flexibility index (Phi) is 4.31. The van der Waals surface area contributed by atoms with E-state index >= 15 is 0 Å². The third kappa shape index (κ3) is 3.55. The first kappa shape index (κ1) is 12.5. The maximum Gasteiger partial charge on any atom is 0.305 e. The van der Waals surface area contributed by atoms with E-state index in [4.69, 9.17) is 16.7 Å². The van der Waals surface area contributed by atoms with Gasteiger partial charge in [-0.15, -0.1) is 0 Å². The standard InChI is InChI=1S/C11H12ClNO3/c1-7-6-8(2-3-9(7)12)11(16)13-5-4-10(14)15/h2-3,6H,4-5H2,1H3,(H,13,16)(H,14,15). The fourth-order valence-corrected chi connectivity index (χ4v) is 1.29. The third-order valence-electron chi connectivity index (χ3n) is 2.04. The molecule has 0 aliphatic heterocycles. The summed E-state index contributed by atoms with van der Waals surface area (Å²) in [5.74, 6) is -1.23. The lowest BCUT2D eigenvalue weighted by atomic mass is 10.1. The molecule has 0 atom stereocenters. The van der Waals surface area contributed by atoms with Gasteiger partial charge in [-0.3, -0.25) is 9.59 Å². The van der Waals surface area contributed by atoms with E-state index in [9.17, 15) is 9.59 Å². The highest BCUT2D eigenvalue weighted by atomic mass is 35.5. The van der Waals surface area contributed by atoms with E-state index in [1.54, 1.807) is 25.1 Å². The lowest BCUT2D eigenvalue weighted by Crippen LogP contribution is -2.26. The number of halogens is 1. The van der Waals surface area contributed by atoms with Crippen LogP contribution in [0.4, 0.5) is 0 Å². The van der Waals surface area contributed by atoms with Crippen molar-refractivity contribution in [3.63, 3.8) is 0 Å². The van der Waals surface area contributed by atoms with Crippen molar-refractivity contribution in [3.8, 4) is 0 Å². The van der Waals surface area contributed by atoms with Gasteiger partial charge < -0.3 is 10.4 Å². The van der Waals surface area contributed by atoms with Gasteiger partial charge in [-0.05, 0) is 30.7 Å². The number of carboxylic acid groups (broad SMARTS) is 1. The van der Waals surface area contributed by atoms with Gasteiger partial charge in [-0.1, -0.05) is 11.6 Å². The quantitative estimate of drug-likeness (QED) is 0.846. The largest absolute Gasteiger partial charge is 0.481 e. The summed E-state index contributed by atoms with van der Waals surface area (Å²) in [6.45, 7) is 1.92. The van der Waals surface area contributed by atoms with Gasteiger partial charge in [0.05, 0.1) is 6.42 Å². The highest BCUT2D eigenvalue weighted by Crippen LogP contribution is 2.16. The van der Waals surface area contributed by atoms with E-state index in [0.29, 0.717) is 10.6 Å². The highest BCUT2D eigenvalue weighted by Gasteiger charge is 2.07. The SMILES string of the molecule is Cc1cc(C(=O)NCCC(=O)O)ccc1Cl. The molecule has 0 radical (unpaired) electrons. The minimum atomic E-state index is -0.937. The average Bonchev–Trinajstić information content (AvgIpc) is 2.21. The smallest absolute Gasteiger partial charge is 0.305 e. The molecule has 86 valence electrons. The number of hydrogen-bond donors (Lipinski definition) is 2. The van der Waals surface area contributed by atoms with Crippen LogP contribution < -0.4 is 5.32 Å². The van der Waals surface area contributed by atoms with Gasteiger partial charge in [-0.2, -0.15) is 0 Å². The summed E-state index contributed by atoms with van der Waals surface area (Å²) in [6, 6.07) is 4.91. The fraction of sp³-hybridized carbons (Fsp3) is 0.273. The summed E-state index contributed by atoms with van der Waals surface area (Å²) in [5, 5.41) is 11.5. The van der Waals surface area contributed by atoms with Crippen molar-refractivity contribution in [1.29, 1.82) is 0 Å². The van der Waals surface area contributed by atoms with Gasteiger partial charge >= 0.3 is 5.97 Å². The Hall–Kier alpha value is -1.55. The highest BCUT2D eigenvalue weighted by molar-refractivity contribution is 6.31. The molecule has 0 heterocycles. The van der Waals surface area contributed by atoms with Gasteiger partial charge in [0.25, 0.3) is 5.91 Å². The number of carbonyl (C=O) groups is 2. The van der Waals surface area contributed by atoms with Crippen molar-refractivity contribution in [2.24, 2.45) is 0 Å². The molecule has 0 aromatic heterocycles. The first-order chi connectivity index (χ1) is 7.50. The second kappa shape index (κ2) is 5.51. The maximum atomic E-state index is 11.5. The average molecular weight is 242 g/mol. The Bertz CT molecular complexity index is 418. The molecule has 0 saturated heterocycles. The number of benzene rings is 1. The molecule has 4 nitrogen and oxygen atoms in total. The van der Waals surface area contributed by atoms with Crippen LogP contribution in [0.5, 0.6) is 0 Å². The predicted octanol–water partition coefficient (Wildman–Crippen LogP) is 1.85. The van der Waals surface area contributed by atoms with E-state index in [0.717, 1.165) is 5.56 Å². The van der Waals surface area contributed by atoms with Crippen LogP contribution >= 0.6 is 11.6 Å². The zero-order chi connectivity index (χ0) is 12.1. The van der Waals surface area contributed by atoms with Crippen LogP contribution in [0.3, 0.4) is 0 Å². The molecule has 2 N–H and O–H groups in total. The van der Waals surface area contributed by atoms with Crippen LogP contribution in [0.15, 0.2) is 18.2 Å². The molecule has 1 amide bonds. The van der Waals surface area contributed by atoms with Crippen molar-refractivity contribution < 1.29 is 14.7 Å². The number of carboxylic acids is 1. The maximum absolute atomic E-state index is 11.5. The lowest BCUT2D eigenvalue weighted by Gasteiger charge is -2.05. The Morgan fingerprint density at radius 2 is 2.12 bits per heavy atom. The molecule has 0 saturated carbocycles. The Balaban J connectivity index is 2.59. The molecule has 0 fully saturated rings. The zero-order valence-corrected chi connectivity index (χ0v) is 9.54. The number of carbonyl (C=O) groups excluding carboxylic acids is 1. The molecule has 5 heteroatoms. The molecular weight excluding hydrogens is 230 g/mol. The molecule has 1 aromatic carbocycles. The first-order valence-corrected chi connectivity index (χ1v) is 5.14. The molecular formula is C11H12ClNO3. The Labute approximate surface area is 98.2 Å². The first-order valence-electron chi connectivity index (χ1n) is 4.77. The third-order valence-corrected chi connectivity index (χ3v) is 2.47. The summed E-state index contributed by atoms with van der Waals surface area (Å²) >= 11 is 5.82. The molecule has 0 aliphatic rings. The Morgan fingerprint density at radius 1 is 1.44 bits per heavy atom. The van der Waals surface area contributed by atoms with Gasteiger partial charge in [-0.25, -0.2) is 0 Å². The lowest BCUT2D eigenvalue weighted by molar-refractivity contribution is -0.136. The minimum Gasteiger partial charge on any atom is -0.481 e. The fourth-order valence-electron chi connectivity index (χ4n) is 1.17. The van der Waals surface area contributed by atoms with E-state index in [-0.39, 0.29) is 18.9 Å². The van der Waals surface area contributed by atoms with Gasteiger partial charge in [0.2, 0.25) is 0 Å². The number of aliphatic carboxylic acids is 1. The number of rotatable bonds is 4. The van der Waals surface area contributed by atoms with Crippen LogP contribution in [-0.2, 0) is 4.79 Å². The van der Waals surface area contributed by atoms with E-state index in [1.807, 2.05) is 0 Å². The molecule has 1 aromatic rings. The molecule has 0 aliphatic carbocycles. The monoisotopic (exact) mass is 241 g/mol. The number of aryl methyl sites for hydroxylation is 1. The predicted molar refractivity (Wildman–Crippen MR) is 60.8 cm³/mol. The van der Waals surface area contributed by atoms with Crippen LogP contribution in [0.1, 0.15) is 22.3 Å². The second-order valence-electron chi connectivity index (χ2n) is 3.36. The van der Waals surface area contributed by atoms with Crippen molar-refractivity contribution in [1.82, 2.24) is 5.32 Å². The molecule has 1 rings (SSSR count). The van der Waals surface area contributed by atoms with Crippen molar-refractivity contribution in [3.05, 3.63) is 34.3 Å². The van der Waals surface area contributed by atoms with Crippen LogP contribution in [0.2, 0.25) is 5.02 Å². The summed E-state index contributed by atoms with van der Waals surface area (Å²) in [6.07, 6.45) is -0.0850. The van der Waals surface area contributed by atoms with Crippen LogP contribution in [-0.4, -0.2) is 23.5 Å². The zero-order valence-electron chi connectivity index (χ0n) is 8.79. The summed E-state index contributed by atoms with van der Waals surface area (Å²) in [4.78, 5) is 21.8.